The van der Waals surface area contributed by atoms with Gasteiger partial charge in [-0.15, -0.1) is 0 Å². The molecule has 0 aliphatic heterocycles. The van der Waals surface area contributed by atoms with Gasteiger partial charge in [-0.05, 0) is 37.3 Å². The number of hydrogen-bond acceptors (Lipinski definition) is 2. The minimum absolute atomic E-state index is 0.0433. The highest BCUT2D eigenvalue weighted by atomic mass is 16.1. The van der Waals surface area contributed by atoms with Gasteiger partial charge in [0, 0.05) is 12.5 Å². The fraction of sp³-hybridized carbons (Fsp3) is 0.562. The van der Waals surface area contributed by atoms with Crippen molar-refractivity contribution in [1.82, 2.24) is 5.32 Å². The van der Waals surface area contributed by atoms with Crippen molar-refractivity contribution in [2.24, 2.45) is 5.73 Å². The van der Waals surface area contributed by atoms with E-state index in [0.717, 1.165) is 12.0 Å². The number of nitrogens with one attached hydrogen (secondary N) is 1. The van der Waals surface area contributed by atoms with Crippen LogP contribution in [0, 0.1) is 0 Å². The van der Waals surface area contributed by atoms with Crippen LogP contribution >= 0.6 is 0 Å². The lowest BCUT2D eigenvalue weighted by atomic mass is 9.99. The molecule has 2 atom stereocenters. The molecule has 2 unspecified atom stereocenters. The van der Waals surface area contributed by atoms with E-state index in [1.807, 2.05) is 13.8 Å². The summed E-state index contributed by atoms with van der Waals surface area (Å²) < 4.78 is 0. The Balaban J connectivity index is 2.53. The number of nitrogens with two attached hydrogens (primary N) is 1. The number of hydrogen-bond donors (Lipinski definition) is 2. The average molecular weight is 262 g/mol. The summed E-state index contributed by atoms with van der Waals surface area (Å²) in [4.78, 5) is 11.7. The second-order valence-electron chi connectivity index (χ2n) is 5.63. The van der Waals surface area contributed by atoms with Crippen LogP contribution in [0.1, 0.15) is 63.6 Å². The summed E-state index contributed by atoms with van der Waals surface area (Å²) in [6.45, 7) is 8.28. The van der Waals surface area contributed by atoms with Crippen molar-refractivity contribution in [2.75, 3.05) is 0 Å². The van der Waals surface area contributed by atoms with Crippen LogP contribution in [0.5, 0.6) is 0 Å². The summed E-state index contributed by atoms with van der Waals surface area (Å²) in [5, 5.41) is 3.01. The fourth-order valence-electron chi connectivity index (χ4n) is 1.93. The van der Waals surface area contributed by atoms with E-state index >= 15 is 0 Å². The molecular formula is C16H26N2O. The first-order chi connectivity index (χ1) is 8.90. The Morgan fingerprint density at radius 3 is 2.11 bits per heavy atom. The fourth-order valence-corrected chi connectivity index (χ4v) is 1.93. The molecule has 106 valence electrons. The minimum Gasteiger partial charge on any atom is -0.350 e. The van der Waals surface area contributed by atoms with Crippen molar-refractivity contribution >= 4 is 5.91 Å². The highest BCUT2D eigenvalue weighted by molar-refractivity contribution is 5.76. The molecule has 1 amide bonds. The standard InChI is InChI=1S/C16H26N2O/c1-11(2)14-6-8-15(9-7-14)13(4)18-16(19)10-5-12(3)17/h6-9,11-13H,5,10,17H2,1-4H3,(H,18,19). The molecule has 0 radical (unpaired) electrons. The van der Waals surface area contributed by atoms with Gasteiger partial charge in [0.2, 0.25) is 5.91 Å². The number of rotatable bonds is 6. The largest absolute Gasteiger partial charge is 0.350 e. The highest BCUT2D eigenvalue weighted by Gasteiger charge is 2.10. The molecule has 3 N–H and O–H groups in total. The van der Waals surface area contributed by atoms with Gasteiger partial charge < -0.3 is 11.1 Å². The van der Waals surface area contributed by atoms with E-state index in [4.69, 9.17) is 5.73 Å². The molecule has 1 aromatic rings. The van der Waals surface area contributed by atoms with E-state index in [9.17, 15) is 4.79 Å². The quantitative estimate of drug-likeness (QED) is 0.827. The first-order valence-corrected chi connectivity index (χ1v) is 7.05. The summed E-state index contributed by atoms with van der Waals surface area (Å²) in [6, 6.07) is 8.56. The number of amides is 1. The van der Waals surface area contributed by atoms with Crippen LogP contribution in [-0.2, 0) is 4.79 Å². The van der Waals surface area contributed by atoms with E-state index in [2.05, 4.69) is 43.4 Å². The van der Waals surface area contributed by atoms with Crippen LogP contribution in [0.15, 0.2) is 24.3 Å². The maximum Gasteiger partial charge on any atom is 0.220 e. The maximum absolute atomic E-state index is 11.7. The Kier molecular flexibility index (Phi) is 6.03. The lowest BCUT2D eigenvalue weighted by Gasteiger charge is -2.16. The van der Waals surface area contributed by atoms with E-state index < -0.39 is 0 Å². The number of carbonyl (C=O) groups is 1. The van der Waals surface area contributed by atoms with Crippen LogP contribution in [0.25, 0.3) is 0 Å². The molecule has 3 heteroatoms. The molecular weight excluding hydrogens is 236 g/mol. The van der Waals surface area contributed by atoms with Gasteiger partial charge in [0.15, 0.2) is 0 Å². The van der Waals surface area contributed by atoms with Gasteiger partial charge >= 0.3 is 0 Å². The Morgan fingerprint density at radius 2 is 1.63 bits per heavy atom. The Hall–Kier alpha value is -1.35. The molecule has 0 fully saturated rings. The van der Waals surface area contributed by atoms with Crippen molar-refractivity contribution in [3.8, 4) is 0 Å². The van der Waals surface area contributed by atoms with Gasteiger partial charge in [-0.3, -0.25) is 4.79 Å². The van der Waals surface area contributed by atoms with Crippen LogP contribution in [0.4, 0.5) is 0 Å². The number of benzene rings is 1. The highest BCUT2D eigenvalue weighted by Crippen LogP contribution is 2.18. The van der Waals surface area contributed by atoms with Gasteiger partial charge in [-0.1, -0.05) is 38.1 Å². The first-order valence-electron chi connectivity index (χ1n) is 7.05. The van der Waals surface area contributed by atoms with Gasteiger partial charge in [0.1, 0.15) is 0 Å². The molecule has 0 aliphatic carbocycles. The third-order valence-electron chi connectivity index (χ3n) is 3.31. The molecule has 3 nitrogen and oxygen atoms in total. The second kappa shape index (κ2) is 7.29. The van der Waals surface area contributed by atoms with Crippen molar-refractivity contribution in [3.63, 3.8) is 0 Å². The lowest BCUT2D eigenvalue weighted by molar-refractivity contribution is -0.121. The molecule has 0 bridgehead atoms. The summed E-state index contributed by atoms with van der Waals surface area (Å²) in [5.41, 5.74) is 8.10. The Morgan fingerprint density at radius 1 is 1.11 bits per heavy atom. The van der Waals surface area contributed by atoms with Gasteiger partial charge in [0.05, 0.1) is 6.04 Å². The smallest absolute Gasteiger partial charge is 0.220 e. The summed E-state index contributed by atoms with van der Waals surface area (Å²) in [6.07, 6.45) is 1.22. The molecule has 0 saturated heterocycles. The van der Waals surface area contributed by atoms with Crippen molar-refractivity contribution in [2.45, 2.75) is 58.5 Å². The van der Waals surface area contributed by atoms with E-state index in [0.29, 0.717) is 12.3 Å². The lowest BCUT2D eigenvalue weighted by Crippen LogP contribution is -2.28. The zero-order valence-electron chi connectivity index (χ0n) is 12.4. The summed E-state index contributed by atoms with van der Waals surface area (Å²) in [5.74, 6) is 0.600. The van der Waals surface area contributed by atoms with Gasteiger partial charge in [0.25, 0.3) is 0 Å². The first kappa shape index (κ1) is 15.7. The normalized spacial score (nSPS) is 14.2. The second-order valence-corrected chi connectivity index (χ2v) is 5.63. The van der Waals surface area contributed by atoms with Gasteiger partial charge in [-0.25, -0.2) is 0 Å². The van der Waals surface area contributed by atoms with Crippen LogP contribution < -0.4 is 11.1 Å². The van der Waals surface area contributed by atoms with Crippen molar-refractivity contribution in [3.05, 3.63) is 35.4 Å². The number of carbonyl (C=O) groups excluding carboxylic acids is 1. The van der Waals surface area contributed by atoms with Crippen LogP contribution in [0.3, 0.4) is 0 Å². The monoisotopic (exact) mass is 262 g/mol. The van der Waals surface area contributed by atoms with E-state index in [1.165, 1.54) is 5.56 Å². The third-order valence-corrected chi connectivity index (χ3v) is 3.31. The third kappa shape index (κ3) is 5.43. The topological polar surface area (TPSA) is 55.1 Å². The predicted molar refractivity (Wildman–Crippen MR) is 80.0 cm³/mol. The molecule has 1 rings (SSSR count). The van der Waals surface area contributed by atoms with Crippen molar-refractivity contribution < 1.29 is 4.79 Å². The van der Waals surface area contributed by atoms with E-state index in [-0.39, 0.29) is 18.0 Å². The van der Waals surface area contributed by atoms with Gasteiger partial charge in [-0.2, -0.15) is 0 Å². The molecule has 0 aromatic heterocycles. The SMILES string of the molecule is CC(N)CCC(=O)NC(C)c1ccc(C(C)C)cc1. The molecule has 0 heterocycles. The molecule has 0 aliphatic rings. The Labute approximate surface area is 116 Å². The molecule has 0 spiro atoms. The zero-order valence-corrected chi connectivity index (χ0v) is 12.4. The predicted octanol–water partition coefficient (Wildman–Crippen LogP) is 3.11. The molecule has 1 aromatic carbocycles. The van der Waals surface area contributed by atoms with Crippen molar-refractivity contribution in [1.29, 1.82) is 0 Å². The van der Waals surface area contributed by atoms with Crippen LogP contribution in [0.2, 0.25) is 0 Å². The van der Waals surface area contributed by atoms with Crippen LogP contribution in [-0.4, -0.2) is 11.9 Å². The molecule has 0 saturated carbocycles. The summed E-state index contributed by atoms with van der Waals surface area (Å²) >= 11 is 0. The van der Waals surface area contributed by atoms with E-state index in [1.54, 1.807) is 0 Å². The average Bonchev–Trinajstić information content (AvgIpc) is 2.36. The zero-order chi connectivity index (χ0) is 14.4. The minimum atomic E-state index is 0.0433. The maximum atomic E-state index is 11.7. The Bertz CT molecular complexity index is 396. The molecule has 19 heavy (non-hydrogen) atoms. The summed E-state index contributed by atoms with van der Waals surface area (Å²) in [7, 11) is 0.